The first-order valence-electron chi connectivity index (χ1n) is 9.09. The van der Waals surface area contributed by atoms with Gasteiger partial charge in [0.25, 0.3) is 0 Å². The molecule has 0 aliphatic heterocycles. The lowest BCUT2D eigenvalue weighted by molar-refractivity contribution is -0.165. The Morgan fingerprint density at radius 3 is 2.55 bits per heavy atom. The fourth-order valence-electron chi connectivity index (χ4n) is 6.86. The van der Waals surface area contributed by atoms with Crippen molar-refractivity contribution >= 4 is 11.6 Å². The molecule has 122 valence electrons. The van der Waals surface area contributed by atoms with E-state index >= 15 is 0 Å². The van der Waals surface area contributed by atoms with Gasteiger partial charge in [-0.15, -0.1) is 0 Å². The number of aliphatic hydroxyl groups is 1. The van der Waals surface area contributed by atoms with Crippen molar-refractivity contribution in [1.82, 2.24) is 0 Å². The molecule has 4 saturated carbocycles. The highest BCUT2D eigenvalue weighted by Gasteiger charge is 2.62. The van der Waals surface area contributed by atoms with E-state index < -0.39 is 0 Å². The molecule has 4 aliphatic carbocycles. The van der Waals surface area contributed by atoms with Gasteiger partial charge in [0.15, 0.2) is 0 Å². The number of carbonyl (C=O) groups is 2. The molecule has 0 radical (unpaired) electrons. The minimum absolute atomic E-state index is 0.100. The Labute approximate surface area is 132 Å². The molecule has 4 aliphatic rings. The van der Waals surface area contributed by atoms with Crippen molar-refractivity contribution in [2.45, 2.75) is 71.3 Å². The van der Waals surface area contributed by atoms with Crippen molar-refractivity contribution < 1.29 is 14.7 Å². The summed E-state index contributed by atoms with van der Waals surface area (Å²) in [7, 11) is 0. The highest BCUT2D eigenvalue weighted by Crippen LogP contribution is 2.65. The molecule has 3 heteroatoms. The molecule has 7 atom stereocenters. The monoisotopic (exact) mass is 304 g/mol. The van der Waals surface area contributed by atoms with Crippen LogP contribution in [0.2, 0.25) is 0 Å². The first-order valence-corrected chi connectivity index (χ1v) is 9.09. The van der Waals surface area contributed by atoms with Gasteiger partial charge >= 0.3 is 0 Å². The van der Waals surface area contributed by atoms with E-state index in [0.717, 1.165) is 38.5 Å². The van der Waals surface area contributed by atoms with E-state index in [4.69, 9.17) is 0 Å². The summed E-state index contributed by atoms with van der Waals surface area (Å²) in [5.74, 6) is 2.47. The number of rotatable bonds is 0. The number of aliphatic hydroxyl groups excluding tert-OH is 1. The van der Waals surface area contributed by atoms with E-state index in [1.165, 1.54) is 0 Å². The minimum Gasteiger partial charge on any atom is -0.393 e. The summed E-state index contributed by atoms with van der Waals surface area (Å²) in [6.07, 6.45) is 6.53. The summed E-state index contributed by atoms with van der Waals surface area (Å²) < 4.78 is 0. The van der Waals surface area contributed by atoms with Crippen LogP contribution in [0.4, 0.5) is 0 Å². The first kappa shape index (κ1) is 14.9. The standard InChI is InChI=1S/C19H28O3/c1-18-7-5-11(20)9-15(18)16(21)10-12-13-3-4-17(22)19(13,2)8-6-14(12)18/h12-16,21H,3-10H2,1-2H3/t12?,13?,14?,15-,16+,18-,19+/m1/s1. The number of fused-ring (bicyclic) bond motifs is 5. The topological polar surface area (TPSA) is 54.4 Å². The average molecular weight is 304 g/mol. The van der Waals surface area contributed by atoms with E-state index in [0.29, 0.717) is 42.2 Å². The number of ketones is 2. The summed E-state index contributed by atoms with van der Waals surface area (Å²) in [4.78, 5) is 24.3. The van der Waals surface area contributed by atoms with Gasteiger partial charge in [0.2, 0.25) is 0 Å². The lowest BCUT2D eigenvalue weighted by Gasteiger charge is -2.60. The second kappa shape index (κ2) is 4.66. The van der Waals surface area contributed by atoms with Gasteiger partial charge in [0, 0.05) is 24.7 Å². The van der Waals surface area contributed by atoms with Gasteiger partial charge in [-0.25, -0.2) is 0 Å². The highest BCUT2D eigenvalue weighted by atomic mass is 16.3. The Balaban J connectivity index is 1.69. The Kier molecular flexibility index (Phi) is 3.15. The van der Waals surface area contributed by atoms with Crippen LogP contribution in [0.15, 0.2) is 0 Å². The van der Waals surface area contributed by atoms with Crippen molar-refractivity contribution in [3.05, 3.63) is 0 Å². The molecule has 0 amide bonds. The summed E-state index contributed by atoms with van der Waals surface area (Å²) >= 11 is 0. The normalized spacial score (nSPS) is 54.6. The Bertz CT molecular complexity index is 527. The molecule has 0 heterocycles. The highest BCUT2D eigenvalue weighted by molar-refractivity contribution is 5.87. The quantitative estimate of drug-likeness (QED) is 0.748. The Hall–Kier alpha value is -0.700. The van der Waals surface area contributed by atoms with E-state index in [-0.39, 0.29) is 22.9 Å². The molecule has 0 spiro atoms. The average Bonchev–Trinajstić information content (AvgIpc) is 2.77. The van der Waals surface area contributed by atoms with E-state index in [9.17, 15) is 14.7 Å². The lowest BCUT2D eigenvalue weighted by atomic mass is 9.44. The van der Waals surface area contributed by atoms with E-state index in [1.54, 1.807) is 0 Å². The van der Waals surface area contributed by atoms with Crippen LogP contribution >= 0.6 is 0 Å². The van der Waals surface area contributed by atoms with Crippen molar-refractivity contribution in [2.75, 3.05) is 0 Å². The molecular formula is C19H28O3. The van der Waals surface area contributed by atoms with Crippen LogP contribution < -0.4 is 0 Å². The number of hydrogen-bond acceptors (Lipinski definition) is 3. The van der Waals surface area contributed by atoms with Crippen molar-refractivity contribution in [2.24, 2.45) is 34.5 Å². The molecule has 4 rings (SSSR count). The van der Waals surface area contributed by atoms with Crippen LogP contribution in [0.25, 0.3) is 0 Å². The smallest absolute Gasteiger partial charge is 0.139 e. The minimum atomic E-state index is -0.353. The molecule has 3 nitrogen and oxygen atoms in total. The van der Waals surface area contributed by atoms with Crippen LogP contribution in [-0.2, 0) is 9.59 Å². The maximum absolute atomic E-state index is 12.4. The van der Waals surface area contributed by atoms with Crippen molar-refractivity contribution in [1.29, 1.82) is 0 Å². The van der Waals surface area contributed by atoms with Crippen LogP contribution in [0.3, 0.4) is 0 Å². The second-order valence-electron chi connectivity index (χ2n) is 8.95. The van der Waals surface area contributed by atoms with Gasteiger partial charge < -0.3 is 5.11 Å². The maximum Gasteiger partial charge on any atom is 0.139 e. The fraction of sp³-hybridized carbons (Fsp3) is 0.895. The number of carbonyl (C=O) groups excluding carboxylic acids is 2. The Morgan fingerprint density at radius 1 is 1.00 bits per heavy atom. The number of Topliss-reactive ketones (excluding diaryl/α,β-unsaturated/α-hetero) is 2. The predicted molar refractivity (Wildman–Crippen MR) is 83.1 cm³/mol. The zero-order chi connectivity index (χ0) is 15.7. The molecule has 0 aromatic rings. The van der Waals surface area contributed by atoms with Crippen LogP contribution in [0, 0.1) is 34.5 Å². The molecule has 0 aromatic carbocycles. The largest absolute Gasteiger partial charge is 0.393 e. The van der Waals surface area contributed by atoms with Crippen LogP contribution in [0.1, 0.15) is 65.2 Å². The molecule has 0 saturated heterocycles. The Morgan fingerprint density at radius 2 is 1.77 bits per heavy atom. The molecule has 22 heavy (non-hydrogen) atoms. The van der Waals surface area contributed by atoms with Gasteiger partial charge in [-0.05, 0) is 61.2 Å². The van der Waals surface area contributed by atoms with Gasteiger partial charge in [-0.1, -0.05) is 13.8 Å². The first-order chi connectivity index (χ1) is 10.4. The molecule has 0 aromatic heterocycles. The molecule has 1 N–H and O–H groups in total. The number of hydrogen-bond donors (Lipinski definition) is 1. The van der Waals surface area contributed by atoms with Crippen molar-refractivity contribution in [3.63, 3.8) is 0 Å². The third-order valence-corrected chi connectivity index (χ3v) is 8.21. The third-order valence-electron chi connectivity index (χ3n) is 8.21. The third kappa shape index (κ3) is 1.78. The zero-order valence-electron chi connectivity index (χ0n) is 13.8. The van der Waals surface area contributed by atoms with Gasteiger partial charge in [-0.2, -0.15) is 0 Å². The van der Waals surface area contributed by atoms with E-state index in [1.807, 2.05) is 0 Å². The molecule has 4 fully saturated rings. The molecular weight excluding hydrogens is 276 g/mol. The zero-order valence-corrected chi connectivity index (χ0v) is 13.8. The summed E-state index contributed by atoms with van der Waals surface area (Å²) in [5, 5.41) is 10.8. The summed E-state index contributed by atoms with van der Waals surface area (Å²) in [6, 6.07) is 0. The molecule has 3 unspecified atom stereocenters. The van der Waals surface area contributed by atoms with Gasteiger partial charge in [0.05, 0.1) is 6.10 Å². The van der Waals surface area contributed by atoms with Gasteiger partial charge in [-0.3, -0.25) is 9.59 Å². The van der Waals surface area contributed by atoms with Crippen LogP contribution in [-0.4, -0.2) is 22.8 Å². The summed E-state index contributed by atoms with van der Waals surface area (Å²) in [6.45, 7) is 4.50. The SMILES string of the molecule is C[C@]12CCC3C(C[C@H](O)[C@H]4CC(=O)CC[C@]34C)C1CCC2=O. The van der Waals surface area contributed by atoms with Crippen molar-refractivity contribution in [3.8, 4) is 0 Å². The fourth-order valence-corrected chi connectivity index (χ4v) is 6.86. The van der Waals surface area contributed by atoms with Gasteiger partial charge in [0.1, 0.15) is 11.6 Å². The maximum atomic E-state index is 12.4. The van der Waals surface area contributed by atoms with Crippen LogP contribution in [0.5, 0.6) is 0 Å². The predicted octanol–water partition coefficient (Wildman–Crippen LogP) is 3.14. The van der Waals surface area contributed by atoms with E-state index in [2.05, 4.69) is 13.8 Å². The second-order valence-corrected chi connectivity index (χ2v) is 8.95. The lowest BCUT2D eigenvalue weighted by Crippen LogP contribution is -2.57. The summed E-state index contributed by atoms with van der Waals surface area (Å²) in [5.41, 5.74) is -0.0300. The molecule has 0 bridgehead atoms.